The van der Waals surface area contributed by atoms with E-state index in [2.05, 4.69) is 5.32 Å². The summed E-state index contributed by atoms with van der Waals surface area (Å²) in [4.78, 5) is 0. The molecule has 1 aromatic carbocycles. The van der Waals surface area contributed by atoms with E-state index >= 15 is 0 Å². The molecule has 0 saturated heterocycles. The lowest BCUT2D eigenvalue weighted by Gasteiger charge is -2.18. The molecule has 18 heavy (non-hydrogen) atoms. The Morgan fingerprint density at radius 1 is 1.33 bits per heavy atom. The van der Waals surface area contributed by atoms with Crippen LogP contribution in [0.1, 0.15) is 31.4 Å². The molecule has 0 aliphatic carbocycles. The Morgan fingerprint density at radius 3 is 2.56 bits per heavy atom. The number of halogens is 1. The first-order valence-electron chi connectivity index (χ1n) is 6.09. The first-order chi connectivity index (χ1) is 8.44. The topological polar surface area (TPSA) is 46.2 Å². The molecule has 3 nitrogen and oxygen atoms in total. The lowest BCUT2D eigenvalue weighted by atomic mass is 10.0. The van der Waals surface area contributed by atoms with Gasteiger partial charge in [-0.2, -0.15) is 0 Å². The van der Waals surface area contributed by atoms with Crippen molar-refractivity contribution in [3.63, 3.8) is 0 Å². The van der Waals surface area contributed by atoms with Crippen LogP contribution >= 0.6 is 0 Å². The lowest BCUT2D eigenvalue weighted by molar-refractivity contribution is 0.480. The largest absolute Gasteiger partial charge is 0.310 e. The van der Waals surface area contributed by atoms with Gasteiger partial charge in [0.1, 0.15) is 15.7 Å². The van der Waals surface area contributed by atoms with Crippen molar-refractivity contribution in [1.82, 2.24) is 5.32 Å². The predicted molar refractivity (Wildman–Crippen MR) is 71.8 cm³/mol. The zero-order valence-corrected chi connectivity index (χ0v) is 11.6. The standard InChI is InChI=1S/C13H20FNO2S/c1-3-15-13(9-6-10-18(2,16)17)11-7-4-5-8-12(11)14/h4-5,7-8,13,15H,3,6,9-10H2,1-2H3. The van der Waals surface area contributed by atoms with Gasteiger partial charge in [0.15, 0.2) is 0 Å². The molecule has 5 heteroatoms. The highest BCUT2D eigenvalue weighted by Crippen LogP contribution is 2.21. The van der Waals surface area contributed by atoms with Crippen molar-refractivity contribution in [2.24, 2.45) is 0 Å². The summed E-state index contributed by atoms with van der Waals surface area (Å²) < 4.78 is 35.8. The second-order valence-electron chi connectivity index (χ2n) is 4.40. The van der Waals surface area contributed by atoms with Gasteiger partial charge in [0, 0.05) is 23.6 Å². The van der Waals surface area contributed by atoms with E-state index in [-0.39, 0.29) is 17.6 Å². The zero-order valence-electron chi connectivity index (χ0n) is 10.8. The van der Waals surface area contributed by atoms with E-state index in [1.54, 1.807) is 18.2 Å². The van der Waals surface area contributed by atoms with Crippen LogP contribution in [-0.4, -0.2) is 27.0 Å². The monoisotopic (exact) mass is 273 g/mol. The van der Waals surface area contributed by atoms with Crippen molar-refractivity contribution < 1.29 is 12.8 Å². The van der Waals surface area contributed by atoms with Gasteiger partial charge >= 0.3 is 0 Å². The highest BCUT2D eigenvalue weighted by molar-refractivity contribution is 7.90. The van der Waals surface area contributed by atoms with Gasteiger partial charge in [0.05, 0.1) is 0 Å². The van der Waals surface area contributed by atoms with Crippen molar-refractivity contribution >= 4 is 9.84 Å². The highest BCUT2D eigenvalue weighted by Gasteiger charge is 2.14. The molecule has 0 amide bonds. The minimum absolute atomic E-state index is 0.127. The molecule has 0 heterocycles. The van der Waals surface area contributed by atoms with Crippen LogP contribution in [0.25, 0.3) is 0 Å². The van der Waals surface area contributed by atoms with Crippen LogP contribution in [0.2, 0.25) is 0 Å². The molecule has 0 saturated carbocycles. The van der Waals surface area contributed by atoms with Crippen molar-refractivity contribution in [3.8, 4) is 0 Å². The third kappa shape index (κ3) is 5.14. The summed E-state index contributed by atoms with van der Waals surface area (Å²) in [6.07, 6.45) is 2.37. The molecule has 1 aromatic rings. The van der Waals surface area contributed by atoms with E-state index in [1.807, 2.05) is 6.92 Å². The Labute approximate surface area is 108 Å². The van der Waals surface area contributed by atoms with Gasteiger partial charge in [-0.1, -0.05) is 25.1 Å². The van der Waals surface area contributed by atoms with E-state index in [0.717, 1.165) is 6.54 Å². The molecule has 0 aliphatic rings. The van der Waals surface area contributed by atoms with Crippen LogP contribution in [0.3, 0.4) is 0 Å². The molecule has 0 spiro atoms. The maximum Gasteiger partial charge on any atom is 0.147 e. The highest BCUT2D eigenvalue weighted by atomic mass is 32.2. The minimum Gasteiger partial charge on any atom is -0.310 e. The van der Waals surface area contributed by atoms with Gasteiger partial charge in [-0.25, -0.2) is 12.8 Å². The van der Waals surface area contributed by atoms with Gasteiger partial charge < -0.3 is 5.32 Å². The summed E-state index contributed by atoms with van der Waals surface area (Å²) in [7, 11) is -2.95. The van der Waals surface area contributed by atoms with Crippen LogP contribution in [0, 0.1) is 5.82 Å². The molecule has 1 unspecified atom stereocenters. The fraction of sp³-hybridized carbons (Fsp3) is 0.538. The Bertz CT molecular complexity index is 474. The second-order valence-corrected chi connectivity index (χ2v) is 6.66. The van der Waals surface area contributed by atoms with Gasteiger partial charge in [-0.3, -0.25) is 0 Å². The van der Waals surface area contributed by atoms with E-state index in [1.165, 1.54) is 12.3 Å². The van der Waals surface area contributed by atoms with Gasteiger partial charge in [0.2, 0.25) is 0 Å². The number of benzene rings is 1. The van der Waals surface area contributed by atoms with Gasteiger partial charge in [-0.05, 0) is 25.5 Å². The number of nitrogens with one attached hydrogen (secondary N) is 1. The van der Waals surface area contributed by atoms with Crippen molar-refractivity contribution in [3.05, 3.63) is 35.6 Å². The molecule has 1 N–H and O–H groups in total. The maximum absolute atomic E-state index is 13.7. The number of hydrogen-bond acceptors (Lipinski definition) is 3. The average molecular weight is 273 g/mol. The van der Waals surface area contributed by atoms with Crippen LogP contribution in [-0.2, 0) is 9.84 Å². The molecule has 0 aromatic heterocycles. The first-order valence-corrected chi connectivity index (χ1v) is 8.15. The summed E-state index contributed by atoms with van der Waals surface area (Å²) in [5.74, 6) is -0.105. The quantitative estimate of drug-likeness (QED) is 0.829. The molecule has 0 radical (unpaired) electrons. The smallest absolute Gasteiger partial charge is 0.147 e. The predicted octanol–water partition coefficient (Wildman–Crippen LogP) is 2.30. The third-order valence-corrected chi connectivity index (χ3v) is 3.77. The molecule has 1 rings (SSSR count). The number of hydrogen-bond donors (Lipinski definition) is 1. The Morgan fingerprint density at radius 2 is 2.00 bits per heavy atom. The fourth-order valence-corrected chi connectivity index (χ4v) is 2.61. The number of rotatable bonds is 7. The Balaban J connectivity index is 2.69. The van der Waals surface area contributed by atoms with E-state index < -0.39 is 9.84 Å². The zero-order chi connectivity index (χ0) is 13.6. The van der Waals surface area contributed by atoms with Crippen LogP contribution in [0.4, 0.5) is 4.39 Å². The van der Waals surface area contributed by atoms with E-state index in [0.29, 0.717) is 18.4 Å². The Kier molecular flexibility index (Phi) is 5.75. The van der Waals surface area contributed by atoms with Crippen LogP contribution in [0.15, 0.2) is 24.3 Å². The van der Waals surface area contributed by atoms with Gasteiger partial charge in [0.25, 0.3) is 0 Å². The van der Waals surface area contributed by atoms with Gasteiger partial charge in [-0.15, -0.1) is 0 Å². The van der Waals surface area contributed by atoms with Crippen molar-refractivity contribution in [1.29, 1.82) is 0 Å². The summed E-state index contributed by atoms with van der Waals surface area (Å²) >= 11 is 0. The fourth-order valence-electron chi connectivity index (χ4n) is 1.92. The molecule has 102 valence electrons. The summed E-state index contributed by atoms with van der Waals surface area (Å²) in [5, 5.41) is 3.19. The summed E-state index contributed by atoms with van der Waals surface area (Å²) in [6.45, 7) is 2.67. The molecule has 1 atom stereocenters. The van der Waals surface area contributed by atoms with E-state index in [9.17, 15) is 12.8 Å². The molecular formula is C13H20FNO2S. The second kappa shape index (κ2) is 6.85. The van der Waals surface area contributed by atoms with Crippen molar-refractivity contribution in [2.75, 3.05) is 18.6 Å². The normalized spacial score (nSPS) is 13.5. The van der Waals surface area contributed by atoms with E-state index in [4.69, 9.17) is 0 Å². The minimum atomic E-state index is -2.95. The average Bonchev–Trinajstić information content (AvgIpc) is 2.27. The number of sulfone groups is 1. The SMILES string of the molecule is CCNC(CCCS(C)(=O)=O)c1ccccc1F. The van der Waals surface area contributed by atoms with Crippen molar-refractivity contribution in [2.45, 2.75) is 25.8 Å². The molecule has 0 bridgehead atoms. The summed E-state index contributed by atoms with van der Waals surface area (Å²) in [6, 6.07) is 6.48. The van der Waals surface area contributed by atoms with Crippen LogP contribution in [0.5, 0.6) is 0 Å². The first kappa shape index (κ1) is 15.1. The summed E-state index contributed by atoms with van der Waals surface area (Å²) in [5.41, 5.74) is 0.604. The third-order valence-electron chi connectivity index (χ3n) is 2.74. The lowest BCUT2D eigenvalue weighted by Crippen LogP contribution is -2.22. The molecule has 0 fully saturated rings. The maximum atomic E-state index is 13.7. The molecular weight excluding hydrogens is 253 g/mol. The molecule has 0 aliphatic heterocycles. The van der Waals surface area contributed by atoms with Crippen LogP contribution < -0.4 is 5.32 Å². The Hall–Kier alpha value is -0.940.